The van der Waals surface area contributed by atoms with Crippen LogP contribution in [0, 0.1) is 16.7 Å². The Bertz CT molecular complexity index is 431. The number of oxime groups is 1. The van der Waals surface area contributed by atoms with Gasteiger partial charge in [0, 0.05) is 6.54 Å². The van der Waals surface area contributed by atoms with Crippen molar-refractivity contribution in [2.24, 2.45) is 27.6 Å². The molecule has 0 spiro atoms. The van der Waals surface area contributed by atoms with E-state index < -0.39 is 5.41 Å². The molecule has 4 N–H and O–H groups in total. The molecule has 0 radical (unpaired) electrons. The molecule has 0 bridgehead atoms. The van der Waals surface area contributed by atoms with Gasteiger partial charge in [0.25, 0.3) is 0 Å². The van der Waals surface area contributed by atoms with Crippen LogP contribution < -0.4 is 11.1 Å². The van der Waals surface area contributed by atoms with Crippen LogP contribution in [0.2, 0.25) is 0 Å². The molecule has 3 aliphatic carbocycles. The summed E-state index contributed by atoms with van der Waals surface area (Å²) >= 11 is 0. The van der Waals surface area contributed by atoms with Crippen LogP contribution in [0.25, 0.3) is 0 Å². The third-order valence-corrected chi connectivity index (χ3v) is 5.93. The van der Waals surface area contributed by atoms with E-state index in [2.05, 4.69) is 10.5 Å². The van der Waals surface area contributed by atoms with E-state index >= 15 is 0 Å². The molecular formula is C16H27N3O2. The Kier molecular flexibility index (Phi) is 3.84. The summed E-state index contributed by atoms with van der Waals surface area (Å²) in [5.74, 6) is 0.900. The van der Waals surface area contributed by atoms with Gasteiger partial charge in [-0.05, 0) is 49.9 Å². The maximum Gasteiger partial charge on any atom is 0.233 e. The fourth-order valence-corrected chi connectivity index (χ4v) is 4.04. The molecule has 0 unspecified atom stereocenters. The van der Waals surface area contributed by atoms with Gasteiger partial charge in [-0.25, -0.2) is 0 Å². The molecule has 0 aromatic rings. The van der Waals surface area contributed by atoms with E-state index in [1.807, 2.05) is 0 Å². The van der Waals surface area contributed by atoms with Crippen LogP contribution in [0.15, 0.2) is 5.16 Å². The second-order valence-electron chi connectivity index (χ2n) is 7.30. The number of rotatable bonds is 5. The summed E-state index contributed by atoms with van der Waals surface area (Å²) in [4.78, 5) is 12.8. The lowest BCUT2D eigenvalue weighted by Gasteiger charge is -2.30. The number of hydrogen-bond donors (Lipinski definition) is 3. The molecule has 0 aromatic heterocycles. The first-order chi connectivity index (χ1) is 10.1. The topological polar surface area (TPSA) is 87.7 Å². The highest BCUT2D eigenvalue weighted by Gasteiger charge is 2.54. The van der Waals surface area contributed by atoms with Crippen LogP contribution >= 0.6 is 0 Å². The van der Waals surface area contributed by atoms with Gasteiger partial charge in [-0.2, -0.15) is 0 Å². The van der Waals surface area contributed by atoms with Gasteiger partial charge in [0.15, 0.2) is 5.84 Å². The Morgan fingerprint density at radius 2 is 1.76 bits per heavy atom. The van der Waals surface area contributed by atoms with Crippen LogP contribution in [0.4, 0.5) is 0 Å². The van der Waals surface area contributed by atoms with Crippen molar-refractivity contribution in [1.82, 2.24) is 5.32 Å². The van der Waals surface area contributed by atoms with Gasteiger partial charge in [-0.15, -0.1) is 0 Å². The van der Waals surface area contributed by atoms with Gasteiger partial charge in [0.2, 0.25) is 5.91 Å². The van der Waals surface area contributed by atoms with Crippen molar-refractivity contribution in [2.75, 3.05) is 6.54 Å². The molecule has 5 heteroatoms. The molecule has 0 aliphatic heterocycles. The quantitative estimate of drug-likeness (QED) is 0.239. The van der Waals surface area contributed by atoms with Gasteiger partial charge in [-0.3, -0.25) is 4.79 Å². The average molecular weight is 293 g/mol. The van der Waals surface area contributed by atoms with E-state index in [-0.39, 0.29) is 11.7 Å². The van der Waals surface area contributed by atoms with E-state index in [0.29, 0.717) is 18.3 Å². The number of amides is 1. The maximum absolute atomic E-state index is 12.8. The van der Waals surface area contributed by atoms with Crippen molar-refractivity contribution < 1.29 is 10.0 Å². The Labute approximate surface area is 126 Å². The summed E-state index contributed by atoms with van der Waals surface area (Å²) in [6.45, 7) is 0.775. The molecule has 5 nitrogen and oxygen atoms in total. The van der Waals surface area contributed by atoms with E-state index in [9.17, 15) is 4.79 Å². The SMILES string of the molecule is NC(=NO)C1(C(=O)NCC2(C3CC3)CC2)CCCCCC1. The fourth-order valence-electron chi connectivity index (χ4n) is 4.04. The minimum absolute atomic E-state index is 0.0216. The van der Waals surface area contributed by atoms with E-state index in [0.717, 1.165) is 38.1 Å². The molecule has 0 saturated heterocycles. The second-order valence-corrected chi connectivity index (χ2v) is 7.30. The maximum atomic E-state index is 12.8. The van der Waals surface area contributed by atoms with Gasteiger partial charge >= 0.3 is 0 Å². The number of nitrogens with two attached hydrogens (primary N) is 1. The minimum atomic E-state index is -0.787. The van der Waals surface area contributed by atoms with E-state index in [4.69, 9.17) is 10.9 Å². The molecule has 3 saturated carbocycles. The standard InChI is InChI=1S/C16H27N3O2/c17-13(19-21)16(7-3-1-2-4-8-16)14(20)18-11-15(9-10-15)12-5-6-12/h12,21H,1-11H2,(H2,17,19)(H,18,20). The highest BCUT2D eigenvalue weighted by molar-refractivity contribution is 6.06. The molecule has 3 aliphatic rings. The molecule has 3 rings (SSSR count). The van der Waals surface area contributed by atoms with Crippen molar-refractivity contribution in [3.63, 3.8) is 0 Å². The van der Waals surface area contributed by atoms with Crippen molar-refractivity contribution in [3.05, 3.63) is 0 Å². The molecule has 0 atom stereocenters. The molecular weight excluding hydrogens is 266 g/mol. The third-order valence-electron chi connectivity index (χ3n) is 5.93. The number of amidine groups is 1. The van der Waals surface area contributed by atoms with Crippen molar-refractivity contribution in [1.29, 1.82) is 0 Å². The highest BCUT2D eigenvalue weighted by Crippen LogP contribution is 2.60. The fraction of sp³-hybridized carbons (Fsp3) is 0.875. The average Bonchev–Trinajstić information content (AvgIpc) is 3.36. The summed E-state index contributed by atoms with van der Waals surface area (Å²) < 4.78 is 0. The Balaban J connectivity index is 1.68. The smallest absolute Gasteiger partial charge is 0.233 e. The normalized spacial score (nSPS) is 27.7. The number of nitrogens with one attached hydrogen (secondary N) is 1. The number of carbonyl (C=O) groups excluding carboxylic acids is 1. The Morgan fingerprint density at radius 3 is 2.24 bits per heavy atom. The number of hydrogen-bond acceptors (Lipinski definition) is 3. The van der Waals surface area contributed by atoms with E-state index in [1.165, 1.54) is 25.7 Å². The predicted molar refractivity (Wildman–Crippen MR) is 80.9 cm³/mol. The van der Waals surface area contributed by atoms with Crippen molar-refractivity contribution in [2.45, 2.75) is 64.2 Å². The Morgan fingerprint density at radius 1 is 1.14 bits per heavy atom. The first-order valence-corrected chi connectivity index (χ1v) is 8.39. The zero-order chi connectivity index (χ0) is 14.9. The lowest BCUT2D eigenvalue weighted by Crippen LogP contribution is -2.50. The Hall–Kier alpha value is -1.26. The van der Waals surface area contributed by atoms with E-state index in [1.54, 1.807) is 0 Å². The van der Waals surface area contributed by atoms with Crippen LogP contribution in [0.5, 0.6) is 0 Å². The summed E-state index contributed by atoms with van der Waals surface area (Å²) in [5, 5.41) is 15.5. The summed E-state index contributed by atoms with van der Waals surface area (Å²) in [6, 6.07) is 0. The molecule has 21 heavy (non-hydrogen) atoms. The zero-order valence-electron chi connectivity index (χ0n) is 12.7. The molecule has 0 aromatic carbocycles. The van der Waals surface area contributed by atoms with Gasteiger partial charge in [0.05, 0.1) is 0 Å². The first-order valence-electron chi connectivity index (χ1n) is 8.39. The zero-order valence-corrected chi connectivity index (χ0v) is 12.7. The van der Waals surface area contributed by atoms with Gasteiger partial charge < -0.3 is 16.3 Å². The third kappa shape index (κ3) is 2.74. The summed E-state index contributed by atoms with van der Waals surface area (Å²) in [6.07, 6.45) is 10.7. The lowest BCUT2D eigenvalue weighted by atomic mass is 9.78. The largest absolute Gasteiger partial charge is 0.409 e. The van der Waals surface area contributed by atoms with Crippen molar-refractivity contribution in [3.8, 4) is 0 Å². The first kappa shape index (κ1) is 14.7. The summed E-state index contributed by atoms with van der Waals surface area (Å²) in [5.41, 5.74) is 5.51. The lowest BCUT2D eigenvalue weighted by molar-refractivity contribution is -0.128. The molecule has 1 amide bonds. The number of carbonyl (C=O) groups is 1. The predicted octanol–water partition coefficient (Wildman–Crippen LogP) is 2.38. The van der Waals surface area contributed by atoms with Gasteiger partial charge in [-0.1, -0.05) is 30.8 Å². The van der Waals surface area contributed by atoms with Gasteiger partial charge in [0.1, 0.15) is 5.41 Å². The second kappa shape index (κ2) is 5.50. The monoisotopic (exact) mass is 293 g/mol. The molecule has 3 fully saturated rings. The van der Waals surface area contributed by atoms with Crippen LogP contribution in [-0.2, 0) is 4.79 Å². The molecule has 0 heterocycles. The van der Waals surface area contributed by atoms with Crippen LogP contribution in [0.3, 0.4) is 0 Å². The minimum Gasteiger partial charge on any atom is -0.409 e. The number of nitrogens with zero attached hydrogens (tertiary/aromatic N) is 1. The summed E-state index contributed by atoms with van der Waals surface area (Å²) in [7, 11) is 0. The highest BCUT2D eigenvalue weighted by atomic mass is 16.4. The molecule has 118 valence electrons. The van der Waals surface area contributed by atoms with Crippen LogP contribution in [-0.4, -0.2) is 23.5 Å². The van der Waals surface area contributed by atoms with Crippen LogP contribution in [0.1, 0.15) is 64.2 Å². The van der Waals surface area contributed by atoms with Crippen molar-refractivity contribution >= 4 is 11.7 Å².